The Hall–Kier alpha value is -1.19. The van der Waals surface area contributed by atoms with Crippen molar-refractivity contribution in [3.8, 4) is 11.3 Å². The first-order chi connectivity index (χ1) is 12.0. The third-order valence-corrected chi connectivity index (χ3v) is 6.50. The molecule has 3 aromatic rings. The molecule has 1 N–H and O–H groups in total. The number of thioether (sulfide) groups is 1. The molecule has 0 atom stereocenters. The molecule has 130 valence electrons. The lowest BCUT2D eigenvalue weighted by Crippen LogP contribution is -2.11. The highest BCUT2D eigenvalue weighted by Gasteiger charge is 2.10. The smallest absolute Gasteiger partial charge is 0.226 e. The first-order valence-corrected chi connectivity index (χ1v) is 10.6. The Labute approximate surface area is 166 Å². The van der Waals surface area contributed by atoms with Crippen LogP contribution >= 0.6 is 57.6 Å². The lowest BCUT2D eigenvalue weighted by molar-refractivity contribution is -0.115. The van der Waals surface area contributed by atoms with E-state index in [1.807, 2.05) is 18.4 Å². The molecule has 0 radical (unpaired) electrons. The van der Waals surface area contributed by atoms with Crippen LogP contribution in [0.4, 0.5) is 5.13 Å². The van der Waals surface area contributed by atoms with Gasteiger partial charge in [0.05, 0.1) is 15.7 Å². The standard InChI is InChI=1S/C15H12Cl2N4OS3/c1-8-20-21-15(25-8)23-5-4-13(22)19-14-18-12(7-24-14)9-2-3-10(16)11(17)6-9/h2-3,6-7H,4-5H2,1H3,(H,18,19,22). The minimum atomic E-state index is -0.0798. The van der Waals surface area contributed by atoms with Crippen molar-refractivity contribution in [3.63, 3.8) is 0 Å². The molecule has 0 fully saturated rings. The fourth-order valence-electron chi connectivity index (χ4n) is 1.87. The van der Waals surface area contributed by atoms with Gasteiger partial charge in [-0.2, -0.15) is 0 Å². The lowest BCUT2D eigenvalue weighted by atomic mass is 10.2. The van der Waals surface area contributed by atoms with Gasteiger partial charge in [0.25, 0.3) is 0 Å². The van der Waals surface area contributed by atoms with Crippen LogP contribution in [0.25, 0.3) is 11.3 Å². The van der Waals surface area contributed by atoms with E-state index in [1.54, 1.807) is 12.1 Å². The molecule has 2 heterocycles. The zero-order valence-electron chi connectivity index (χ0n) is 13.0. The molecular weight excluding hydrogens is 419 g/mol. The van der Waals surface area contributed by atoms with Crippen LogP contribution in [0.5, 0.6) is 0 Å². The van der Waals surface area contributed by atoms with E-state index in [0.29, 0.717) is 27.4 Å². The second-order valence-electron chi connectivity index (χ2n) is 4.90. The summed E-state index contributed by atoms with van der Waals surface area (Å²) in [6.45, 7) is 1.91. The van der Waals surface area contributed by atoms with Crippen LogP contribution in [-0.4, -0.2) is 26.8 Å². The molecule has 0 spiro atoms. The minimum Gasteiger partial charge on any atom is -0.302 e. The number of carbonyl (C=O) groups excluding carboxylic acids is 1. The highest BCUT2D eigenvalue weighted by molar-refractivity contribution is 8.01. The number of halogens is 2. The molecule has 0 aliphatic rings. The number of carbonyl (C=O) groups is 1. The second-order valence-corrected chi connectivity index (χ2v) is 9.10. The van der Waals surface area contributed by atoms with Crippen LogP contribution in [0, 0.1) is 6.92 Å². The van der Waals surface area contributed by atoms with Gasteiger partial charge in [-0.05, 0) is 19.1 Å². The number of aryl methyl sites for hydroxylation is 1. The summed E-state index contributed by atoms with van der Waals surface area (Å²) >= 11 is 16.4. The molecule has 25 heavy (non-hydrogen) atoms. The van der Waals surface area contributed by atoms with Gasteiger partial charge in [0.2, 0.25) is 5.91 Å². The van der Waals surface area contributed by atoms with Crippen molar-refractivity contribution in [2.24, 2.45) is 0 Å². The van der Waals surface area contributed by atoms with Crippen molar-refractivity contribution < 1.29 is 4.79 Å². The first kappa shape index (κ1) is 18.6. The average Bonchev–Trinajstić information content (AvgIpc) is 3.19. The molecule has 5 nitrogen and oxygen atoms in total. The quantitative estimate of drug-likeness (QED) is 0.530. The molecule has 10 heteroatoms. The summed E-state index contributed by atoms with van der Waals surface area (Å²) in [6, 6.07) is 5.32. The maximum atomic E-state index is 12.0. The van der Waals surface area contributed by atoms with Crippen LogP contribution in [0.15, 0.2) is 27.9 Å². The van der Waals surface area contributed by atoms with Crippen LogP contribution in [0.3, 0.4) is 0 Å². The average molecular weight is 431 g/mol. The zero-order chi connectivity index (χ0) is 17.8. The maximum absolute atomic E-state index is 12.0. The van der Waals surface area contributed by atoms with Crippen molar-refractivity contribution in [1.82, 2.24) is 15.2 Å². The number of hydrogen-bond acceptors (Lipinski definition) is 7. The molecule has 0 aliphatic heterocycles. The van der Waals surface area contributed by atoms with Gasteiger partial charge < -0.3 is 5.32 Å². The number of nitrogens with one attached hydrogen (secondary N) is 1. The molecule has 0 aliphatic carbocycles. The highest BCUT2D eigenvalue weighted by atomic mass is 35.5. The predicted molar refractivity (Wildman–Crippen MR) is 106 cm³/mol. The van der Waals surface area contributed by atoms with E-state index in [1.165, 1.54) is 34.4 Å². The van der Waals surface area contributed by atoms with Gasteiger partial charge in [-0.25, -0.2) is 4.98 Å². The van der Waals surface area contributed by atoms with Crippen LogP contribution in [0.1, 0.15) is 11.4 Å². The maximum Gasteiger partial charge on any atom is 0.226 e. The molecule has 2 aromatic heterocycles. The summed E-state index contributed by atoms with van der Waals surface area (Å²) in [5.41, 5.74) is 1.60. The fraction of sp³-hybridized carbons (Fsp3) is 0.200. The summed E-state index contributed by atoms with van der Waals surface area (Å²) in [6.07, 6.45) is 0.380. The van der Waals surface area contributed by atoms with E-state index in [-0.39, 0.29) is 5.91 Å². The Balaban J connectivity index is 1.53. The molecule has 0 bridgehead atoms. The molecule has 1 amide bonds. The molecule has 0 unspecified atom stereocenters. The second kappa shape index (κ2) is 8.46. The van der Waals surface area contributed by atoms with Crippen LogP contribution in [-0.2, 0) is 4.79 Å². The third kappa shape index (κ3) is 5.15. The predicted octanol–water partition coefficient (Wildman–Crippen LogP) is 5.40. The number of anilines is 1. The van der Waals surface area contributed by atoms with E-state index >= 15 is 0 Å². The molecule has 1 aromatic carbocycles. The summed E-state index contributed by atoms with van der Waals surface area (Å²) in [5, 5.41) is 15.1. The van der Waals surface area contributed by atoms with E-state index < -0.39 is 0 Å². The highest BCUT2D eigenvalue weighted by Crippen LogP contribution is 2.30. The summed E-state index contributed by atoms with van der Waals surface area (Å²) in [7, 11) is 0. The Morgan fingerprint density at radius 3 is 2.84 bits per heavy atom. The van der Waals surface area contributed by atoms with E-state index in [4.69, 9.17) is 23.2 Å². The summed E-state index contributed by atoms with van der Waals surface area (Å²) in [4.78, 5) is 16.4. The summed E-state index contributed by atoms with van der Waals surface area (Å²) < 4.78 is 0.876. The Bertz CT molecular complexity index is 897. The number of nitrogens with zero attached hydrogens (tertiary/aromatic N) is 3. The van der Waals surface area contributed by atoms with Gasteiger partial charge in [-0.15, -0.1) is 21.5 Å². The van der Waals surface area contributed by atoms with Crippen LogP contribution < -0.4 is 5.32 Å². The SMILES string of the molecule is Cc1nnc(SCCC(=O)Nc2nc(-c3ccc(Cl)c(Cl)c3)cs2)s1. The molecular formula is C15H12Cl2N4OS3. The molecule has 0 saturated carbocycles. The van der Waals surface area contributed by atoms with Crippen molar-refractivity contribution in [1.29, 1.82) is 0 Å². The Morgan fingerprint density at radius 1 is 1.28 bits per heavy atom. The van der Waals surface area contributed by atoms with Gasteiger partial charge in [0.15, 0.2) is 9.47 Å². The first-order valence-electron chi connectivity index (χ1n) is 7.15. The number of thiazole rings is 1. The fourth-order valence-corrected chi connectivity index (χ4v) is 4.73. The van der Waals surface area contributed by atoms with Crippen molar-refractivity contribution >= 4 is 68.7 Å². The Morgan fingerprint density at radius 2 is 2.12 bits per heavy atom. The normalized spacial score (nSPS) is 10.8. The van der Waals surface area contributed by atoms with Gasteiger partial charge in [-0.1, -0.05) is 52.4 Å². The molecule has 3 rings (SSSR count). The van der Waals surface area contributed by atoms with Crippen molar-refractivity contribution in [3.05, 3.63) is 38.6 Å². The van der Waals surface area contributed by atoms with E-state index in [0.717, 1.165) is 20.6 Å². The zero-order valence-corrected chi connectivity index (χ0v) is 16.9. The molecule has 0 saturated heterocycles. The minimum absolute atomic E-state index is 0.0798. The number of amides is 1. The number of benzene rings is 1. The summed E-state index contributed by atoms with van der Waals surface area (Å²) in [5.74, 6) is 0.564. The van der Waals surface area contributed by atoms with Gasteiger partial charge >= 0.3 is 0 Å². The van der Waals surface area contributed by atoms with E-state index in [2.05, 4.69) is 20.5 Å². The Kier molecular flexibility index (Phi) is 6.29. The van der Waals surface area contributed by atoms with Crippen LogP contribution in [0.2, 0.25) is 10.0 Å². The van der Waals surface area contributed by atoms with Gasteiger partial charge in [0.1, 0.15) is 5.01 Å². The van der Waals surface area contributed by atoms with Gasteiger partial charge in [-0.3, -0.25) is 4.79 Å². The number of rotatable bonds is 6. The lowest BCUT2D eigenvalue weighted by Gasteiger charge is -2.01. The van der Waals surface area contributed by atoms with E-state index in [9.17, 15) is 4.79 Å². The van der Waals surface area contributed by atoms with Gasteiger partial charge in [0, 0.05) is 23.1 Å². The van der Waals surface area contributed by atoms with Crippen molar-refractivity contribution in [2.45, 2.75) is 17.7 Å². The number of hydrogen-bond donors (Lipinski definition) is 1. The monoisotopic (exact) mass is 430 g/mol. The van der Waals surface area contributed by atoms with Crippen molar-refractivity contribution in [2.75, 3.05) is 11.1 Å². The number of aromatic nitrogens is 3. The third-order valence-electron chi connectivity index (χ3n) is 3.03. The largest absolute Gasteiger partial charge is 0.302 e. The topological polar surface area (TPSA) is 67.8 Å².